The van der Waals surface area contributed by atoms with Crippen molar-refractivity contribution >= 4 is 8.25 Å². The van der Waals surface area contributed by atoms with E-state index in [-0.39, 0.29) is 6.61 Å². The zero-order valence-electron chi connectivity index (χ0n) is 5.02. The van der Waals surface area contributed by atoms with Gasteiger partial charge in [-0.25, -0.2) is 0 Å². The van der Waals surface area contributed by atoms with Crippen LogP contribution in [0.3, 0.4) is 0 Å². The zero-order valence-corrected chi connectivity index (χ0v) is 5.91. The van der Waals surface area contributed by atoms with Gasteiger partial charge in [0.25, 0.3) is 0 Å². The Balaban J connectivity index is 2.35. The van der Waals surface area contributed by atoms with Gasteiger partial charge in [0, 0.05) is 10.8 Å². The van der Waals surface area contributed by atoms with Gasteiger partial charge >= 0.3 is 8.25 Å². The lowest BCUT2D eigenvalue weighted by Crippen LogP contribution is -1.84. The van der Waals surface area contributed by atoms with Crippen LogP contribution in [0.2, 0.25) is 0 Å². The monoisotopic (exact) mass is 161 g/mol. The maximum atomic E-state index is 9.99. The third-order valence-electron chi connectivity index (χ3n) is 0.889. The van der Waals surface area contributed by atoms with E-state index in [1.165, 1.54) is 0 Å². The summed E-state index contributed by atoms with van der Waals surface area (Å²) in [6, 6.07) is 1.67. The van der Waals surface area contributed by atoms with E-state index in [1.54, 1.807) is 12.3 Å². The molecule has 0 bridgehead atoms. The molecule has 1 unspecified atom stereocenters. The second kappa shape index (κ2) is 3.41. The highest BCUT2D eigenvalue weighted by Crippen LogP contribution is 2.16. The number of hydrogen-bond acceptors (Lipinski definition) is 3. The van der Waals surface area contributed by atoms with Gasteiger partial charge in [-0.05, 0) is 6.07 Å². The molecule has 1 aromatic heterocycles. The molecule has 0 aliphatic heterocycles. The van der Waals surface area contributed by atoms with Crippen LogP contribution in [0.15, 0.2) is 12.3 Å². The first-order valence-corrected chi connectivity index (χ1v) is 3.69. The van der Waals surface area contributed by atoms with Crippen molar-refractivity contribution in [2.75, 3.05) is 0 Å². The highest BCUT2D eigenvalue weighted by atomic mass is 31.1. The van der Waals surface area contributed by atoms with Gasteiger partial charge in [0.05, 0.1) is 5.69 Å². The molecule has 0 radical (unpaired) electrons. The summed E-state index contributed by atoms with van der Waals surface area (Å²) >= 11 is 0. The molecule has 1 heterocycles. The summed E-state index contributed by atoms with van der Waals surface area (Å²) in [7, 11) is -2.50. The molecule has 0 amide bonds. The minimum atomic E-state index is -2.50. The normalized spacial score (nSPS) is 11.5. The first-order valence-electron chi connectivity index (χ1n) is 2.56. The molecule has 1 atom stereocenters. The fourth-order valence-electron chi connectivity index (χ4n) is 0.490. The Morgan fingerprint density at radius 1 is 1.90 bits per heavy atom. The second-order valence-electron chi connectivity index (χ2n) is 1.59. The molecule has 5 nitrogen and oxygen atoms in total. The molecule has 1 aromatic rings. The predicted octanol–water partition coefficient (Wildman–Crippen LogP) is 0.576. The van der Waals surface area contributed by atoms with Crippen molar-refractivity contribution in [1.82, 2.24) is 10.2 Å². The minimum absolute atomic E-state index is 0.0890. The van der Waals surface area contributed by atoms with E-state index in [2.05, 4.69) is 14.7 Å². The number of nitrogens with one attached hydrogen (secondary N) is 1. The fourth-order valence-corrected chi connectivity index (χ4v) is 0.739. The Kier molecular flexibility index (Phi) is 2.50. The molecule has 2 N–H and O–H groups in total. The van der Waals surface area contributed by atoms with Crippen molar-refractivity contribution in [3.63, 3.8) is 0 Å². The van der Waals surface area contributed by atoms with Crippen LogP contribution in [-0.2, 0) is 15.7 Å². The van der Waals surface area contributed by atoms with Crippen molar-refractivity contribution in [3.05, 3.63) is 18.0 Å². The number of nitrogens with zero attached hydrogens (tertiary/aromatic N) is 1. The van der Waals surface area contributed by atoms with Gasteiger partial charge in [-0.1, -0.05) is 0 Å². The van der Waals surface area contributed by atoms with Crippen LogP contribution in [0.5, 0.6) is 0 Å². The van der Waals surface area contributed by atoms with Crippen molar-refractivity contribution in [3.8, 4) is 0 Å². The zero-order chi connectivity index (χ0) is 7.40. The summed E-state index contributed by atoms with van der Waals surface area (Å²) in [4.78, 5) is 8.20. The molecular formula is C4H6N2O3P+. The summed E-state index contributed by atoms with van der Waals surface area (Å²) in [6.45, 7) is 0.0890. The van der Waals surface area contributed by atoms with E-state index >= 15 is 0 Å². The number of H-pyrrole nitrogens is 1. The van der Waals surface area contributed by atoms with Crippen molar-refractivity contribution < 1.29 is 14.0 Å². The average Bonchev–Trinajstić information content (AvgIpc) is 2.34. The Labute approximate surface area is 58.0 Å². The standard InChI is InChI=1S/C4H5N2O3P/c7-10(8)9-3-4-1-2-5-6-4/h1-2H,3H2,(H-,5,6,7,8)/p+1. The first-order chi connectivity index (χ1) is 4.79. The predicted molar refractivity (Wildman–Crippen MR) is 33.2 cm³/mol. The summed E-state index contributed by atoms with van der Waals surface area (Å²) in [5, 5.41) is 6.20. The van der Waals surface area contributed by atoms with Crippen LogP contribution < -0.4 is 0 Å². The van der Waals surface area contributed by atoms with Crippen LogP contribution in [0.4, 0.5) is 0 Å². The Morgan fingerprint density at radius 3 is 3.20 bits per heavy atom. The van der Waals surface area contributed by atoms with Crippen LogP contribution in [0, 0.1) is 0 Å². The molecule has 0 aliphatic rings. The largest absolute Gasteiger partial charge is 0.695 e. The minimum Gasteiger partial charge on any atom is -0.280 e. The van der Waals surface area contributed by atoms with Crippen LogP contribution in [-0.4, -0.2) is 15.1 Å². The lowest BCUT2D eigenvalue weighted by Gasteiger charge is -1.83. The molecular weight excluding hydrogens is 155 g/mol. The average molecular weight is 161 g/mol. The van der Waals surface area contributed by atoms with Crippen LogP contribution in [0.1, 0.15) is 5.69 Å². The van der Waals surface area contributed by atoms with E-state index in [4.69, 9.17) is 4.89 Å². The van der Waals surface area contributed by atoms with Crippen molar-refractivity contribution in [2.24, 2.45) is 0 Å². The lowest BCUT2D eigenvalue weighted by atomic mass is 10.5. The van der Waals surface area contributed by atoms with Gasteiger partial charge in [0.15, 0.2) is 0 Å². The highest BCUT2D eigenvalue weighted by Gasteiger charge is 2.11. The molecule has 0 aliphatic carbocycles. The van der Waals surface area contributed by atoms with E-state index in [0.717, 1.165) is 0 Å². The smallest absolute Gasteiger partial charge is 0.280 e. The number of rotatable bonds is 3. The molecule has 0 spiro atoms. The van der Waals surface area contributed by atoms with Gasteiger partial charge in [0.2, 0.25) is 0 Å². The molecule has 0 saturated heterocycles. The topological polar surface area (TPSA) is 75.2 Å². The van der Waals surface area contributed by atoms with Crippen LogP contribution >= 0.6 is 8.25 Å². The number of aromatic nitrogens is 2. The fraction of sp³-hybridized carbons (Fsp3) is 0.250. The number of hydrogen-bond donors (Lipinski definition) is 2. The SMILES string of the molecule is O=[P+](O)OCc1ccn[nH]1. The Hall–Kier alpha value is -0.770. The quantitative estimate of drug-likeness (QED) is 0.635. The van der Waals surface area contributed by atoms with Crippen LogP contribution in [0.25, 0.3) is 0 Å². The maximum absolute atomic E-state index is 9.99. The molecule has 10 heavy (non-hydrogen) atoms. The van der Waals surface area contributed by atoms with Gasteiger partial charge in [-0.2, -0.15) is 5.10 Å². The summed E-state index contributed by atoms with van der Waals surface area (Å²) in [5.41, 5.74) is 0.678. The van der Waals surface area contributed by atoms with E-state index < -0.39 is 8.25 Å². The Morgan fingerprint density at radius 2 is 2.70 bits per heavy atom. The molecule has 6 heteroatoms. The maximum Gasteiger partial charge on any atom is 0.695 e. The third kappa shape index (κ3) is 2.23. The summed E-state index contributed by atoms with van der Waals surface area (Å²) < 4.78 is 14.4. The van der Waals surface area contributed by atoms with Gasteiger partial charge < -0.3 is 0 Å². The van der Waals surface area contributed by atoms with Gasteiger partial charge in [-0.15, -0.1) is 9.42 Å². The summed E-state index contributed by atoms with van der Waals surface area (Å²) in [6.07, 6.45) is 1.54. The number of aromatic amines is 1. The molecule has 0 saturated carbocycles. The van der Waals surface area contributed by atoms with Gasteiger partial charge in [-0.3, -0.25) is 5.10 Å². The van der Waals surface area contributed by atoms with E-state index in [0.29, 0.717) is 5.69 Å². The highest BCUT2D eigenvalue weighted by molar-refractivity contribution is 7.32. The second-order valence-corrected chi connectivity index (χ2v) is 2.33. The first kappa shape index (κ1) is 7.34. The molecule has 1 rings (SSSR count). The van der Waals surface area contributed by atoms with E-state index in [9.17, 15) is 4.57 Å². The van der Waals surface area contributed by atoms with Crippen molar-refractivity contribution in [2.45, 2.75) is 6.61 Å². The molecule has 0 aromatic carbocycles. The van der Waals surface area contributed by atoms with Crippen molar-refractivity contribution in [1.29, 1.82) is 0 Å². The molecule has 54 valence electrons. The van der Waals surface area contributed by atoms with Gasteiger partial charge in [0.1, 0.15) is 6.61 Å². The molecule has 0 fully saturated rings. The van der Waals surface area contributed by atoms with E-state index in [1.807, 2.05) is 0 Å². The third-order valence-corrected chi connectivity index (χ3v) is 1.24. The Bertz CT molecular complexity index is 210. The summed E-state index contributed by atoms with van der Waals surface area (Å²) in [5.74, 6) is 0. The lowest BCUT2D eigenvalue weighted by molar-refractivity contribution is 0.269.